The summed E-state index contributed by atoms with van der Waals surface area (Å²) in [7, 11) is 0. The molecule has 0 aromatic rings. The molecule has 0 spiro atoms. The second kappa shape index (κ2) is 2.39. The summed E-state index contributed by atoms with van der Waals surface area (Å²) in [5.74, 6) is 2.67. The quantitative estimate of drug-likeness (QED) is 0.574. The van der Waals surface area contributed by atoms with Crippen LogP contribution in [0.15, 0.2) is 0 Å². The molecule has 0 aromatic carbocycles. The second-order valence-electron chi connectivity index (χ2n) is 4.93. The van der Waals surface area contributed by atoms with E-state index < -0.39 is 0 Å². The average molecular weight is 187 g/mol. The van der Waals surface area contributed by atoms with Gasteiger partial charge in [0.1, 0.15) is 0 Å². The number of hydrogen-bond donors (Lipinski definition) is 1. The van der Waals surface area contributed by atoms with Gasteiger partial charge < -0.3 is 5.11 Å². The minimum Gasteiger partial charge on any atom is -0.392 e. The van der Waals surface area contributed by atoms with Crippen LogP contribution in [0, 0.1) is 23.7 Å². The smallest absolute Gasteiger partial charge is 0.0611 e. The molecule has 0 saturated heterocycles. The van der Waals surface area contributed by atoms with Crippen molar-refractivity contribution in [3.05, 3.63) is 0 Å². The molecular formula is C10H15ClO. The van der Waals surface area contributed by atoms with Crippen molar-refractivity contribution in [1.29, 1.82) is 0 Å². The van der Waals surface area contributed by atoms with Crippen molar-refractivity contribution in [3.8, 4) is 0 Å². The third-order valence-electron chi connectivity index (χ3n) is 4.26. The molecule has 4 rings (SSSR count). The van der Waals surface area contributed by atoms with Gasteiger partial charge in [0.25, 0.3) is 0 Å². The minimum absolute atomic E-state index is 0.0692. The maximum atomic E-state index is 9.91. The highest BCUT2D eigenvalue weighted by Gasteiger charge is 2.52. The molecule has 0 unspecified atom stereocenters. The third kappa shape index (κ3) is 0.843. The van der Waals surface area contributed by atoms with Crippen molar-refractivity contribution < 1.29 is 5.11 Å². The molecule has 4 aliphatic rings. The topological polar surface area (TPSA) is 20.2 Å². The first-order valence-corrected chi connectivity index (χ1v) is 5.51. The number of halogens is 1. The maximum absolute atomic E-state index is 9.91. The lowest BCUT2D eigenvalue weighted by atomic mass is 9.55. The van der Waals surface area contributed by atoms with Crippen LogP contribution in [0.2, 0.25) is 0 Å². The highest BCUT2D eigenvalue weighted by molar-refractivity contribution is 6.21. The Morgan fingerprint density at radius 1 is 1.00 bits per heavy atom. The van der Waals surface area contributed by atoms with E-state index in [2.05, 4.69) is 0 Å². The van der Waals surface area contributed by atoms with Gasteiger partial charge in [0, 0.05) is 11.3 Å². The molecule has 0 amide bonds. The van der Waals surface area contributed by atoms with Crippen molar-refractivity contribution in [2.45, 2.75) is 37.2 Å². The van der Waals surface area contributed by atoms with Crippen molar-refractivity contribution in [2.75, 3.05) is 0 Å². The van der Waals surface area contributed by atoms with Gasteiger partial charge in [0.05, 0.1) is 6.10 Å². The molecule has 4 saturated carbocycles. The SMILES string of the molecule is O[C@@H]1[C@@H]2C[C@H]3C[C@@H](C2)[C@H](Cl)[C@H]1C3. The number of aliphatic hydroxyl groups is 1. The van der Waals surface area contributed by atoms with E-state index in [1.807, 2.05) is 0 Å². The van der Waals surface area contributed by atoms with Crippen LogP contribution in [0.4, 0.5) is 0 Å². The highest BCUT2D eigenvalue weighted by Crippen LogP contribution is 2.55. The van der Waals surface area contributed by atoms with Crippen LogP contribution < -0.4 is 0 Å². The minimum atomic E-state index is -0.0692. The Hall–Kier alpha value is 0.250. The zero-order valence-electron chi connectivity index (χ0n) is 7.12. The van der Waals surface area contributed by atoms with E-state index in [0.717, 1.165) is 11.8 Å². The van der Waals surface area contributed by atoms with Crippen LogP contribution >= 0.6 is 11.6 Å². The fourth-order valence-corrected chi connectivity index (χ4v) is 4.26. The molecule has 4 aliphatic carbocycles. The van der Waals surface area contributed by atoms with Crippen LogP contribution in [0.3, 0.4) is 0 Å². The summed E-state index contributed by atoms with van der Waals surface area (Å²) in [5, 5.41) is 10.2. The summed E-state index contributed by atoms with van der Waals surface area (Å²) in [5.41, 5.74) is 0. The summed E-state index contributed by atoms with van der Waals surface area (Å²) in [6, 6.07) is 0. The summed E-state index contributed by atoms with van der Waals surface area (Å²) in [6.45, 7) is 0. The van der Waals surface area contributed by atoms with Crippen molar-refractivity contribution in [2.24, 2.45) is 23.7 Å². The van der Waals surface area contributed by atoms with Crippen LogP contribution in [-0.4, -0.2) is 16.6 Å². The number of alkyl halides is 1. The van der Waals surface area contributed by atoms with Gasteiger partial charge >= 0.3 is 0 Å². The van der Waals surface area contributed by atoms with Gasteiger partial charge in [0.2, 0.25) is 0 Å². The maximum Gasteiger partial charge on any atom is 0.0611 e. The Morgan fingerprint density at radius 3 is 2.58 bits per heavy atom. The predicted octanol–water partition coefficient (Wildman–Crippen LogP) is 2.02. The summed E-state index contributed by atoms with van der Waals surface area (Å²) < 4.78 is 0. The Bertz CT molecular complexity index is 188. The first-order chi connectivity index (χ1) is 5.75. The lowest BCUT2D eigenvalue weighted by Gasteiger charge is -2.55. The van der Waals surface area contributed by atoms with Crippen LogP contribution in [0.5, 0.6) is 0 Å². The molecule has 6 atom stereocenters. The van der Waals surface area contributed by atoms with E-state index >= 15 is 0 Å². The molecule has 12 heavy (non-hydrogen) atoms. The molecule has 0 aromatic heterocycles. The molecule has 0 radical (unpaired) electrons. The molecule has 4 bridgehead atoms. The van der Waals surface area contributed by atoms with Gasteiger partial charge in [-0.2, -0.15) is 0 Å². The van der Waals surface area contributed by atoms with E-state index in [-0.39, 0.29) is 11.5 Å². The molecule has 1 nitrogen and oxygen atoms in total. The van der Waals surface area contributed by atoms with Gasteiger partial charge in [-0.3, -0.25) is 0 Å². The second-order valence-corrected chi connectivity index (χ2v) is 5.43. The molecule has 68 valence electrons. The monoisotopic (exact) mass is 186 g/mol. The Morgan fingerprint density at radius 2 is 1.75 bits per heavy atom. The average Bonchev–Trinajstić information content (AvgIpc) is 2.07. The normalized spacial score (nSPS) is 62.5. The Kier molecular flexibility index (Phi) is 1.52. The fraction of sp³-hybridized carbons (Fsp3) is 1.00. The lowest BCUT2D eigenvalue weighted by Crippen LogP contribution is -2.54. The van der Waals surface area contributed by atoms with Gasteiger partial charge in [-0.15, -0.1) is 11.6 Å². The van der Waals surface area contributed by atoms with Crippen LogP contribution in [0.25, 0.3) is 0 Å². The van der Waals surface area contributed by atoms with Gasteiger partial charge in [-0.05, 0) is 43.4 Å². The number of aliphatic hydroxyl groups excluding tert-OH is 1. The Labute approximate surface area is 78.1 Å². The third-order valence-corrected chi connectivity index (χ3v) is 4.94. The van der Waals surface area contributed by atoms with Crippen LogP contribution in [-0.2, 0) is 0 Å². The lowest BCUT2D eigenvalue weighted by molar-refractivity contribution is -0.0886. The van der Waals surface area contributed by atoms with Crippen molar-refractivity contribution in [1.82, 2.24) is 0 Å². The van der Waals surface area contributed by atoms with E-state index in [4.69, 9.17) is 11.6 Å². The van der Waals surface area contributed by atoms with Gasteiger partial charge in [-0.1, -0.05) is 0 Å². The Balaban J connectivity index is 1.93. The van der Waals surface area contributed by atoms with E-state index in [9.17, 15) is 5.11 Å². The zero-order valence-corrected chi connectivity index (χ0v) is 7.87. The van der Waals surface area contributed by atoms with E-state index in [1.165, 1.54) is 25.7 Å². The molecule has 0 aliphatic heterocycles. The van der Waals surface area contributed by atoms with Gasteiger partial charge in [-0.25, -0.2) is 0 Å². The van der Waals surface area contributed by atoms with Crippen molar-refractivity contribution >= 4 is 11.6 Å². The van der Waals surface area contributed by atoms with E-state index in [0.29, 0.717) is 11.8 Å². The number of rotatable bonds is 0. The summed E-state index contributed by atoms with van der Waals surface area (Å²) in [6.07, 6.45) is 4.94. The summed E-state index contributed by atoms with van der Waals surface area (Å²) >= 11 is 6.31. The standard InChI is InChI=1S/C10H15ClO/c11-9-6-1-5-2-7(4-6)10(12)8(9)3-5/h5-10,12H,1-4H2/t5-,6+,7-,8-,9+,10-/m1/s1. The highest BCUT2D eigenvalue weighted by atomic mass is 35.5. The van der Waals surface area contributed by atoms with Crippen molar-refractivity contribution in [3.63, 3.8) is 0 Å². The largest absolute Gasteiger partial charge is 0.392 e. The molecule has 2 heteroatoms. The zero-order chi connectivity index (χ0) is 8.29. The fourth-order valence-electron chi connectivity index (χ4n) is 3.81. The van der Waals surface area contributed by atoms with Crippen LogP contribution in [0.1, 0.15) is 25.7 Å². The molecular weight excluding hydrogens is 172 g/mol. The predicted molar refractivity (Wildman–Crippen MR) is 48.1 cm³/mol. The van der Waals surface area contributed by atoms with E-state index in [1.54, 1.807) is 0 Å². The first kappa shape index (κ1) is 7.64. The molecule has 4 fully saturated rings. The number of hydrogen-bond acceptors (Lipinski definition) is 1. The first-order valence-electron chi connectivity index (χ1n) is 5.08. The summed E-state index contributed by atoms with van der Waals surface area (Å²) in [4.78, 5) is 0. The molecule has 0 heterocycles. The molecule has 1 N–H and O–H groups in total. The van der Waals surface area contributed by atoms with Gasteiger partial charge in [0.15, 0.2) is 0 Å².